The molecule has 0 aromatic heterocycles. The average Bonchev–Trinajstić information content (AvgIpc) is 3.18. The number of carbonyl (C=O) groups is 1. The van der Waals surface area contributed by atoms with Gasteiger partial charge in [-0.2, -0.15) is 0 Å². The minimum atomic E-state index is 0.102. The van der Waals surface area contributed by atoms with E-state index in [1.807, 2.05) is 6.07 Å². The number of hydrogen-bond acceptors (Lipinski definition) is 5. The summed E-state index contributed by atoms with van der Waals surface area (Å²) in [5.74, 6) is 1.07. The molecular weight excluding hydrogens is 342 g/mol. The zero-order valence-corrected chi connectivity index (χ0v) is 16.4. The van der Waals surface area contributed by atoms with Crippen LogP contribution in [-0.2, 0) is 9.53 Å². The molecule has 148 valence electrons. The lowest BCUT2D eigenvalue weighted by atomic mass is 9.97. The molecule has 6 heteroatoms. The average molecular weight is 373 g/mol. The van der Waals surface area contributed by atoms with Gasteiger partial charge in [-0.3, -0.25) is 14.6 Å². The number of ether oxygens (including phenoxy) is 2. The normalized spacial score (nSPS) is 33.0. The Balaban J connectivity index is 1.51. The van der Waals surface area contributed by atoms with Crippen molar-refractivity contribution in [3.8, 4) is 5.75 Å². The molecule has 6 nitrogen and oxygen atoms in total. The molecule has 2 unspecified atom stereocenters. The van der Waals surface area contributed by atoms with E-state index in [9.17, 15) is 4.79 Å². The van der Waals surface area contributed by atoms with Crippen LogP contribution < -0.4 is 10.1 Å². The summed E-state index contributed by atoms with van der Waals surface area (Å²) >= 11 is 0. The minimum absolute atomic E-state index is 0.102. The van der Waals surface area contributed by atoms with Gasteiger partial charge in [0.1, 0.15) is 5.75 Å². The molecule has 1 amide bonds. The van der Waals surface area contributed by atoms with Crippen LogP contribution in [-0.4, -0.2) is 67.4 Å². The van der Waals surface area contributed by atoms with Crippen molar-refractivity contribution >= 4 is 5.91 Å². The highest BCUT2D eigenvalue weighted by atomic mass is 16.5. The van der Waals surface area contributed by atoms with Crippen molar-refractivity contribution in [1.82, 2.24) is 15.1 Å². The van der Waals surface area contributed by atoms with Crippen molar-refractivity contribution < 1.29 is 14.3 Å². The number of nitrogens with zero attached hydrogens (tertiary/aromatic N) is 2. The topological polar surface area (TPSA) is 54.0 Å². The van der Waals surface area contributed by atoms with Crippen LogP contribution in [0.15, 0.2) is 24.3 Å². The first-order valence-electron chi connectivity index (χ1n) is 10.2. The second kappa shape index (κ2) is 8.17. The van der Waals surface area contributed by atoms with Gasteiger partial charge >= 0.3 is 0 Å². The maximum Gasteiger partial charge on any atom is 0.222 e. The Labute approximate surface area is 161 Å². The molecule has 4 rings (SSSR count). The molecule has 1 aromatic rings. The second-order valence-corrected chi connectivity index (χ2v) is 8.01. The SMILES string of the molecule is COc1cccc([C@@H]2CCCN2C2CC(N3CCOC[C@H]3C)CC(=O)N2)c1. The highest BCUT2D eigenvalue weighted by Crippen LogP contribution is 2.36. The summed E-state index contributed by atoms with van der Waals surface area (Å²) < 4.78 is 11.0. The van der Waals surface area contributed by atoms with Gasteiger partial charge in [-0.1, -0.05) is 12.1 Å². The number of amides is 1. The molecule has 0 radical (unpaired) electrons. The number of methoxy groups -OCH3 is 1. The number of piperidine rings is 1. The van der Waals surface area contributed by atoms with E-state index in [1.165, 1.54) is 5.56 Å². The zero-order chi connectivity index (χ0) is 18.8. The van der Waals surface area contributed by atoms with Gasteiger partial charge in [0.25, 0.3) is 0 Å². The lowest BCUT2D eigenvalue weighted by Gasteiger charge is -2.45. The summed E-state index contributed by atoms with van der Waals surface area (Å²) in [4.78, 5) is 17.5. The van der Waals surface area contributed by atoms with Gasteiger partial charge in [-0.25, -0.2) is 0 Å². The number of benzene rings is 1. The molecule has 3 fully saturated rings. The summed E-state index contributed by atoms with van der Waals surface area (Å²) in [5, 5.41) is 3.27. The Bertz CT molecular complexity index is 668. The number of nitrogens with one attached hydrogen (secondary N) is 1. The van der Waals surface area contributed by atoms with E-state index in [0.29, 0.717) is 24.5 Å². The van der Waals surface area contributed by atoms with Gasteiger partial charge in [-0.15, -0.1) is 0 Å². The van der Waals surface area contributed by atoms with Crippen LogP contribution in [0.1, 0.15) is 44.2 Å². The molecule has 0 bridgehead atoms. The maximum absolute atomic E-state index is 12.5. The lowest BCUT2D eigenvalue weighted by Crippen LogP contribution is -2.59. The number of likely N-dealkylation sites (tertiary alicyclic amines) is 1. The third-order valence-corrected chi connectivity index (χ3v) is 6.31. The molecule has 3 heterocycles. The van der Waals surface area contributed by atoms with Crippen LogP contribution in [0.5, 0.6) is 5.75 Å². The smallest absolute Gasteiger partial charge is 0.222 e. The molecule has 0 saturated carbocycles. The molecule has 1 N–H and O–H groups in total. The Morgan fingerprint density at radius 3 is 2.96 bits per heavy atom. The second-order valence-electron chi connectivity index (χ2n) is 8.01. The number of carbonyl (C=O) groups excluding carboxylic acids is 1. The Morgan fingerprint density at radius 2 is 2.15 bits per heavy atom. The van der Waals surface area contributed by atoms with E-state index in [2.05, 4.69) is 40.2 Å². The van der Waals surface area contributed by atoms with Crippen LogP contribution in [0.3, 0.4) is 0 Å². The third-order valence-electron chi connectivity index (χ3n) is 6.31. The number of morpholine rings is 1. The van der Waals surface area contributed by atoms with Crippen molar-refractivity contribution in [2.75, 3.05) is 33.4 Å². The molecule has 27 heavy (non-hydrogen) atoms. The van der Waals surface area contributed by atoms with Gasteiger partial charge in [0.05, 0.1) is 26.5 Å². The maximum atomic E-state index is 12.5. The van der Waals surface area contributed by atoms with Crippen molar-refractivity contribution in [2.45, 2.75) is 56.9 Å². The van der Waals surface area contributed by atoms with Gasteiger partial charge < -0.3 is 14.8 Å². The summed E-state index contributed by atoms with van der Waals surface area (Å²) in [6.07, 6.45) is 3.96. The van der Waals surface area contributed by atoms with Crippen molar-refractivity contribution in [3.05, 3.63) is 29.8 Å². The molecule has 0 aliphatic carbocycles. The van der Waals surface area contributed by atoms with Crippen LogP contribution in [0.2, 0.25) is 0 Å². The zero-order valence-electron chi connectivity index (χ0n) is 16.4. The molecule has 3 saturated heterocycles. The molecular formula is C21H31N3O3. The van der Waals surface area contributed by atoms with Crippen LogP contribution >= 0.6 is 0 Å². The third kappa shape index (κ3) is 3.98. The summed E-state index contributed by atoms with van der Waals surface area (Å²) in [7, 11) is 1.71. The predicted octanol–water partition coefficient (Wildman–Crippen LogP) is 2.16. The van der Waals surface area contributed by atoms with E-state index in [1.54, 1.807) is 7.11 Å². The fourth-order valence-corrected chi connectivity index (χ4v) is 4.98. The molecule has 4 atom stereocenters. The largest absolute Gasteiger partial charge is 0.497 e. The van der Waals surface area contributed by atoms with Gasteiger partial charge in [-0.05, 0) is 43.9 Å². The van der Waals surface area contributed by atoms with Crippen LogP contribution in [0.4, 0.5) is 0 Å². The lowest BCUT2D eigenvalue weighted by molar-refractivity contribution is -0.130. The molecule has 0 spiro atoms. The monoisotopic (exact) mass is 373 g/mol. The van der Waals surface area contributed by atoms with Crippen molar-refractivity contribution in [1.29, 1.82) is 0 Å². The van der Waals surface area contributed by atoms with Crippen molar-refractivity contribution in [2.24, 2.45) is 0 Å². The van der Waals surface area contributed by atoms with Gasteiger partial charge in [0, 0.05) is 37.6 Å². The highest BCUT2D eigenvalue weighted by molar-refractivity contribution is 5.77. The first kappa shape index (κ1) is 18.7. The van der Waals surface area contributed by atoms with Gasteiger partial charge in [0.2, 0.25) is 5.91 Å². The Kier molecular flexibility index (Phi) is 5.66. The standard InChI is InChI=1S/C21H31N3O3/c1-15-14-27-10-9-23(15)17-12-20(22-21(25)13-17)24-8-4-7-19(24)16-5-3-6-18(11-16)26-2/h3,5-6,11,15,17,19-20H,4,7-10,12-14H2,1-2H3,(H,22,25)/t15-,17?,19+,20?/m1/s1. The summed E-state index contributed by atoms with van der Waals surface area (Å²) in [5.41, 5.74) is 1.28. The van der Waals surface area contributed by atoms with E-state index in [0.717, 1.165) is 51.3 Å². The molecule has 1 aromatic carbocycles. The van der Waals surface area contributed by atoms with Crippen molar-refractivity contribution in [3.63, 3.8) is 0 Å². The number of hydrogen-bond donors (Lipinski definition) is 1. The fraction of sp³-hybridized carbons (Fsp3) is 0.667. The van der Waals surface area contributed by atoms with E-state index in [4.69, 9.17) is 9.47 Å². The highest BCUT2D eigenvalue weighted by Gasteiger charge is 2.39. The van der Waals surface area contributed by atoms with Gasteiger partial charge in [0.15, 0.2) is 0 Å². The quantitative estimate of drug-likeness (QED) is 0.877. The van der Waals surface area contributed by atoms with Crippen LogP contribution in [0.25, 0.3) is 0 Å². The van der Waals surface area contributed by atoms with E-state index >= 15 is 0 Å². The summed E-state index contributed by atoms with van der Waals surface area (Å²) in [6.45, 7) is 5.68. The van der Waals surface area contributed by atoms with E-state index in [-0.39, 0.29) is 12.1 Å². The van der Waals surface area contributed by atoms with E-state index < -0.39 is 0 Å². The first-order valence-corrected chi connectivity index (χ1v) is 10.2. The molecule has 3 aliphatic heterocycles. The Hall–Kier alpha value is -1.63. The Morgan fingerprint density at radius 1 is 1.26 bits per heavy atom. The van der Waals surface area contributed by atoms with Crippen LogP contribution in [0, 0.1) is 0 Å². The first-order chi connectivity index (χ1) is 13.2. The summed E-state index contributed by atoms with van der Waals surface area (Å²) in [6, 6.07) is 9.37. The molecule has 3 aliphatic rings. The predicted molar refractivity (Wildman–Crippen MR) is 104 cm³/mol. The fourth-order valence-electron chi connectivity index (χ4n) is 4.98. The number of rotatable bonds is 4. The minimum Gasteiger partial charge on any atom is -0.497 e.